The lowest BCUT2D eigenvalue weighted by Gasteiger charge is -2.11. The summed E-state index contributed by atoms with van der Waals surface area (Å²) >= 11 is 0. The van der Waals surface area contributed by atoms with Crippen molar-refractivity contribution in [3.8, 4) is 11.3 Å². The molecule has 4 aromatic heterocycles. The predicted molar refractivity (Wildman–Crippen MR) is 135 cm³/mol. The number of aromatic nitrogens is 2. The maximum absolute atomic E-state index is 14.3. The molecule has 0 radical (unpaired) electrons. The van der Waals surface area contributed by atoms with Crippen molar-refractivity contribution in [3.63, 3.8) is 0 Å². The molecule has 0 unspecified atom stereocenters. The van der Waals surface area contributed by atoms with Gasteiger partial charge in [0.25, 0.3) is 5.91 Å². The second-order valence-corrected chi connectivity index (χ2v) is 8.88. The van der Waals surface area contributed by atoms with Gasteiger partial charge in [0.1, 0.15) is 28.5 Å². The number of aryl methyl sites for hydroxylation is 2. The van der Waals surface area contributed by atoms with Crippen molar-refractivity contribution in [3.05, 3.63) is 88.7 Å². The molecule has 0 aliphatic carbocycles. The van der Waals surface area contributed by atoms with E-state index in [4.69, 9.17) is 10.2 Å². The van der Waals surface area contributed by atoms with Gasteiger partial charge in [-0.25, -0.2) is 13.8 Å². The van der Waals surface area contributed by atoms with Crippen LogP contribution in [0.5, 0.6) is 0 Å². The number of fused-ring (bicyclic) bond motifs is 8. The highest BCUT2D eigenvalue weighted by molar-refractivity contribution is 6.26. The number of halogens is 2. The molecule has 2 aromatic carbocycles. The summed E-state index contributed by atoms with van der Waals surface area (Å²) in [5, 5.41) is 6.29. The molecule has 6 rings (SSSR count). The second-order valence-electron chi connectivity index (χ2n) is 8.88. The lowest BCUT2D eigenvalue weighted by molar-refractivity contribution is 0.0951. The number of amides is 1. The Labute approximate surface area is 204 Å². The molecular formula is C28H20F2N4O2. The molecule has 0 saturated heterocycles. The Morgan fingerprint density at radius 1 is 0.972 bits per heavy atom. The predicted octanol–water partition coefficient (Wildman–Crippen LogP) is 6.04. The van der Waals surface area contributed by atoms with Crippen molar-refractivity contribution in [2.75, 3.05) is 5.73 Å². The number of hydrogen-bond acceptors (Lipinski definition) is 5. The summed E-state index contributed by atoms with van der Waals surface area (Å²) in [6, 6.07) is 13.4. The van der Waals surface area contributed by atoms with Crippen LogP contribution in [0.1, 0.15) is 27.2 Å². The van der Waals surface area contributed by atoms with Gasteiger partial charge in [-0.2, -0.15) is 0 Å². The summed E-state index contributed by atoms with van der Waals surface area (Å²) in [6.45, 7) is 4.12. The summed E-state index contributed by atoms with van der Waals surface area (Å²) in [6.07, 6.45) is 0.986. The van der Waals surface area contributed by atoms with E-state index in [0.29, 0.717) is 34.7 Å². The number of pyridine rings is 2. The van der Waals surface area contributed by atoms with Gasteiger partial charge in [-0.3, -0.25) is 9.78 Å². The zero-order valence-corrected chi connectivity index (χ0v) is 19.4. The summed E-state index contributed by atoms with van der Waals surface area (Å²) in [7, 11) is 0. The zero-order chi connectivity index (χ0) is 25.1. The lowest BCUT2D eigenvalue weighted by atomic mass is 9.99. The van der Waals surface area contributed by atoms with E-state index in [1.807, 2.05) is 26.0 Å². The van der Waals surface area contributed by atoms with Crippen LogP contribution in [-0.4, -0.2) is 15.9 Å². The van der Waals surface area contributed by atoms with Crippen molar-refractivity contribution in [2.45, 2.75) is 20.4 Å². The first kappa shape index (κ1) is 21.9. The van der Waals surface area contributed by atoms with E-state index in [-0.39, 0.29) is 11.6 Å². The molecule has 0 saturated carbocycles. The van der Waals surface area contributed by atoms with Gasteiger partial charge in [0.15, 0.2) is 5.82 Å². The van der Waals surface area contributed by atoms with Crippen molar-refractivity contribution >= 4 is 44.4 Å². The Morgan fingerprint density at radius 2 is 1.69 bits per heavy atom. The van der Waals surface area contributed by atoms with E-state index in [1.54, 1.807) is 30.3 Å². The highest BCUT2D eigenvalue weighted by Crippen LogP contribution is 2.42. The Kier molecular flexibility index (Phi) is 4.86. The second kappa shape index (κ2) is 7.98. The monoisotopic (exact) mass is 482 g/mol. The average molecular weight is 482 g/mol. The van der Waals surface area contributed by atoms with Crippen molar-refractivity contribution in [1.82, 2.24) is 15.3 Å². The van der Waals surface area contributed by atoms with Gasteiger partial charge in [0.05, 0.1) is 6.20 Å². The summed E-state index contributed by atoms with van der Waals surface area (Å²) < 4.78 is 33.7. The highest BCUT2D eigenvalue weighted by atomic mass is 19.1. The van der Waals surface area contributed by atoms with E-state index in [2.05, 4.69) is 15.3 Å². The zero-order valence-electron chi connectivity index (χ0n) is 19.4. The summed E-state index contributed by atoms with van der Waals surface area (Å²) in [5.41, 5.74) is 10.8. The fourth-order valence-corrected chi connectivity index (χ4v) is 4.81. The van der Waals surface area contributed by atoms with E-state index in [9.17, 15) is 13.6 Å². The number of carbonyl (C=O) groups excluding carboxylic acids is 1. The highest BCUT2D eigenvalue weighted by Gasteiger charge is 2.20. The van der Waals surface area contributed by atoms with Gasteiger partial charge < -0.3 is 15.5 Å². The number of rotatable bonds is 4. The van der Waals surface area contributed by atoms with Crippen LogP contribution in [-0.2, 0) is 6.54 Å². The lowest BCUT2D eigenvalue weighted by Crippen LogP contribution is -2.24. The molecule has 6 nitrogen and oxygen atoms in total. The number of furan rings is 2. The third kappa shape index (κ3) is 3.41. The van der Waals surface area contributed by atoms with Crippen LogP contribution in [0.25, 0.3) is 44.0 Å². The quantitative estimate of drug-likeness (QED) is 0.299. The van der Waals surface area contributed by atoms with E-state index in [0.717, 1.165) is 50.6 Å². The fraction of sp³-hybridized carbons (Fsp3) is 0.107. The largest absolute Gasteiger partial charge is 0.455 e. The number of nitrogens with one attached hydrogen (secondary N) is 1. The minimum Gasteiger partial charge on any atom is -0.455 e. The molecule has 2 bridgehead atoms. The molecule has 6 aromatic rings. The Bertz CT molecular complexity index is 1800. The van der Waals surface area contributed by atoms with Crippen LogP contribution in [0.3, 0.4) is 0 Å². The fourth-order valence-electron chi connectivity index (χ4n) is 4.81. The van der Waals surface area contributed by atoms with Crippen LogP contribution in [0.4, 0.5) is 14.6 Å². The standard InChI is InChI=1S/C28H20F2N4O2/c1-13-7-24(31)34-14(2)22(13)12-33-28(35)16-4-6-19-21(9-16)27-20-8-15(3-5-18(20)26(19)36-27)25-23(30)10-17(29)11-32-25/h3-11H,12H2,1-2H3,(H2,31,34)(H,33,35). The Hall–Kier alpha value is -4.59. The molecule has 0 aliphatic rings. The Morgan fingerprint density at radius 3 is 2.44 bits per heavy atom. The maximum Gasteiger partial charge on any atom is 0.251 e. The van der Waals surface area contributed by atoms with E-state index >= 15 is 0 Å². The topological polar surface area (TPSA) is 94.0 Å². The minimum atomic E-state index is -0.738. The molecule has 3 N–H and O–H groups in total. The maximum atomic E-state index is 14.3. The summed E-state index contributed by atoms with van der Waals surface area (Å²) in [4.78, 5) is 21.2. The van der Waals surface area contributed by atoms with Crippen LogP contribution in [0.2, 0.25) is 0 Å². The molecule has 0 aliphatic heterocycles. The van der Waals surface area contributed by atoms with Gasteiger partial charge in [-0.1, -0.05) is 6.07 Å². The van der Waals surface area contributed by atoms with E-state index in [1.165, 1.54) is 0 Å². The SMILES string of the molecule is Cc1cc(N)nc(C)c1CNC(=O)c1ccc2c(c1)c1oc2c2ccc(-c3ncc(F)cc3F)cc21. The van der Waals surface area contributed by atoms with Crippen molar-refractivity contribution < 1.29 is 18.0 Å². The smallest absolute Gasteiger partial charge is 0.251 e. The first-order chi connectivity index (χ1) is 17.3. The number of nitrogens with zero attached hydrogens (tertiary/aromatic N) is 2. The van der Waals surface area contributed by atoms with Crippen LogP contribution >= 0.6 is 0 Å². The number of carbonyl (C=O) groups is 1. The van der Waals surface area contributed by atoms with Gasteiger partial charge >= 0.3 is 0 Å². The van der Waals surface area contributed by atoms with Crippen molar-refractivity contribution in [2.24, 2.45) is 0 Å². The molecular weight excluding hydrogens is 462 g/mol. The van der Waals surface area contributed by atoms with E-state index < -0.39 is 11.6 Å². The molecule has 0 atom stereocenters. The summed E-state index contributed by atoms with van der Waals surface area (Å²) in [5.74, 6) is -1.25. The molecule has 8 heteroatoms. The molecule has 4 heterocycles. The number of anilines is 1. The van der Waals surface area contributed by atoms with Gasteiger partial charge in [0, 0.05) is 51.0 Å². The molecule has 36 heavy (non-hydrogen) atoms. The number of benzene rings is 3. The number of hydrogen-bond donors (Lipinski definition) is 2. The molecule has 178 valence electrons. The molecule has 1 amide bonds. The van der Waals surface area contributed by atoms with Crippen LogP contribution in [0, 0.1) is 25.5 Å². The first-order valence-electron chi connectivity index (χ1n) is 11.3. The third-order valence-corrected chi connectivity index (χ3v) is 6.56. The van der Waals surface area contributed by atoms with Gasteiger partial charge in [-0.15, -0.1) is 0 Å². The molecule has 0 spiro atoms. The Balaban J connectivity index is 1.36. The van der Waals surface area contributed by atoms with Crippen molar-refractivity contribution in [1.29, 1.82) is 0 Å². The third-order valence-electron chi connectivity index (χ3n) is 6.56. The average Bonchev–Trinajstić information content (AvgIpc) is 3.40. The first-order valence-corrected chi connectivity index (χ1v) is 11.3. The van der Waals surface area contributed by atoms with Crippen LogP contribution in [0.15, 0.2) is 59.1 Å². The normalized spacial score (nSPS) is 11.7. The number of nitrogens with two attached hydrogens (primary N) is 1. The van der Waals surface area contributed by atoms with Gasteiger partial charge in [0.2, 0.25) is 0 Å². The minimum absolute atomic E-state index is 0.0590. The molecule has 0 fully saturated rings. The van der Waals surface area contributed by atoms with Crippen LogP contribution < -0.4 is 11.1 Å². The van der Waals surface area contributed by atoms with Gasteiger partial charge in [-0.05, 0) is 61.4 Å². The number of nitrogen functional groups attached to an aromatic ring is 1.